The molecule has 4 N–H and O–H groups in total. The highest BCUT2D eigenvalue weighted by atomic mass is 16.1. The van der Waals surface area contributed by atoms with Crippen LogP contribution in [-0.2, 0) is 11.3 Å². The van der Waals surface area contributed by atoms with Gasteiger partial charge in [-0.2, -0.15) is 0 Å². The standard InChI is InChI=1S/C12H22N4O/c1-9(4-3-5-10(2)13)12(17)16-8-11-14-6-7-15-11/h6-7,9-10H,3-5,8,13H2,1-2H3,(H,14,15)(H,16,17). The molecule has 1 rings (SSSR count). The number of imidazole rings is 1. The van der Waals surface area contributed by atoms with Crippen LogP contribution in [0, 0.1) is 5.92 Å². The summed E-state index contributed by atoms with van der Waals surface area (Å²) in [5, 5.41) is 2.86. The maximum absolute atomic E-state index is 11.7. The minimum Gasteiger partial charge on any atom is -0.349 e. The van der Waals surface area contributed by atoms with E-state index in [4.69, 9.17) is 5.73 Å². The van der Waals surface area contributed by atoms with Crippen molar-refractivity contribution in [3.63, 3.8) is 0 Å². The molecule has 1 aromatic rings. The van der Waals surface area contributed by atoms with E-state index in [1.807, 2.05) is 13.8 Å². The Labute approximate surface area is 102 Å². The third kappa shape index (κ3) is 5.49. The lowest BCUT2D eigenvalue weighted by Gasteiger charge is -2.12. The van der Waals surface area contributed by atoms with E-state index in [-0.39, 0.29) is 17.9 Å². The summed E-state index contributed by atoms with van der Waals surface area (Å²) in [5.41, 5.74) is 5.66. The second-order valence-electron chi connectivity index (χ2n) is 4.56. The minimum atomic E-state index is 0.0312. The molecule has 0 aliphatic carbocycles. The van der Waals surface area contributed by atoms with Gasteiger partial charge in [-0.05, 0) is 19.8 Å². The lowest BCUT2D eigenvalue weighted by atomic mass is 10.0. The Morgan fingerprint density at radius 3 is 2.88 bits per heavy atom. The maximum Gasteiger partial charge on any atom is 0.223 e. The molecule has 0 fully saturated rings. The number of amides is 1. The minimum absolute atomic E-state index is 0.0312. The Bertz CT molecular complexity index is 321. The molecule has 0 aliphatic rings. The fourth-order valence-electron chi connectivity index (χ4n) is 1.62. The predicted molar refractivity (Wildman–Crippen MR) is 67.1 cm³/mol. The van der Waals surface area contributed by atoms with Gasteiger partial charge in [-0.3, -0.25) is 4.79 Å². The van der Waals surface area contributed by atoms with E-state index in [1.165, 1.54) is 0 Å². The van der Waals surface area contributed by atoms with Gasteiger partial charge in [-0.1, -0.05) is 13.3 Å². The molecular weight excluding hydrogens is 216 g/mol. The van der Waals surface area contributed by atoms with Crippen molar-refractivity contribution in [3.05, 3.63) is 18.2 Å². The smallest absolute Gasteiger partial charge is 0.223 e. The molecule has 2 unspecified atom stereocenters. The van der Waals surface area contributed by atoms with Gasteiger partial charge < -0.3 is 16.0 Å². The zero-order chi connectivity index (χ0) is 12.7. The second-order valence-corrected chi connectivity index (χ2v) is 4.56. The van der Waals surface area contributed by atoms with Crippen molar-refractivity contribution in [2.24, 2.45) is 11.7 Å². The first-order valence-corrected chi connectivity index (χ1v) is 6.11. The van der Waals surface area contributed by atoms with Crippen LogP contribution in [0.4, 0.5) is 0 Å². The summed E-state index contributed by atoms with van der Waals surface area (Å²) in [6, 6.07) is 0.216. The van der Waals surface area contributed by atoms with Crippen molar-refractivity contribution in [1.82, 2.24) is 15.3 Å². The highest BCUT2D eigenvalue weighted by molar-refractivity contribution is 5.78. The molecule has 0 saturated carbocycles. The van der Waals surface area contributed by atoms with E-state index in [1.54, 1.807) is 12.4 Å². The number of rotatable bonds is 7. The molecule has 0 saturated heterocycles. The van der Waals surface area contributed by atoms with Crippen LogP contribution < -0.4 is 11.1 Å². The van der Waals surface area contributed by atoms with Crippen LogP contribution in [-0.4, -0.2) is 21.9 Å². The van der Waals surface area contributed by atoms with E-state index in [0.717, 1.165) is 25.1 Å². The highest BCUT2D eigenvalue weighted by Gasteiger charge is 2.12. The predicted octanol–water partition coefficient (Wildman–Crippen LogP) is 1.18. The summed E-state index contributed by atoms with van der Waals surface area (Å²) in [6.45, 7) is 4.39. The molecule has 1 aromatic heterocycles. The summed E-state index contributed by atoms with van der Waals surface area (Å²) in [6.07, 6.45) is 6.26. The quantitative estimate of drug-likeness (QED) is 0.667. The SMILES string of the molecule is CC(N)CCCC(C)C(=O)NCc1ncc[nH]1. The number of hydrogen-bond donors (Lipinski definition) is 3. The average Bonchev–Trinajstić information content (AvgIpc) is 2.78. The molecule has 96 valence electrons. The van der Waals surface area contributed by atoms with E-state index in [2.05, 4.69) is 15.3 Å². The second kappa shape index (κ2) is 7.06. The Morgan fingerprint density at radius 2 is 2.29 bits per heavy atom. The van der Waals surface area contributed by atoms with Gasteiger partial charge in [0.1, 0.15) is 5.82 Å². The van der Waals surface area contributed by atoms with Gasteiger partial charge in [-0.25, -0.2) is 4.98 Å². The van der Waals surface area contributed by atoms with Crippen LogP contribution in [0.2, 0.25) is 0 Å². The van der Waals surface area contributed by atoms with Gasteiger partial charge in [0.2, 0.25) is 5.91 Å². The average molecular weight is 238 g/mol. The molecule has 5 heteroatoms. The first kappa shape index (κ1) is 13.7. The summed E-state index contributed by atoms with van der Waals surface area (Å²) < 4.78 is 0. The first-order chi connectivity index (χ1) is 8.09. The van der Waals surface area contributed by atoms with Crippen molar-refractivity contribution < 1.29 is 4.79 Å². The van der Waals surface area contributed by atoms with Gasteiger partial charge in [-0.15, -0.1) is 0 Å². The van der Waals surface area contributed by atoms with Crippen molar-refractivity contribution in [2.45, 2.75) is 45.7 Å². The monoisotopic (exact) mass is 238 g/mol. The normalized spacial score (nSPS) is 14.3. The van der Waals surface area contributed by atoms with Crippen LogP contribution in [0.5, 0.6) is 0 Å². The van der Waals surface area contributed by atoms with Gasteiger partial charge >= 0.3 is 0 Å². The molecule has 17 heavy (non-hydrogen) atoms. The number of H-pyrrole nitrogens is 1. The van der Waals surface area contributed by atoms with Gasteiger partial charge in [0.05, 0.1) is 6.54 Å². The molecule has 2 atom stereocenters. The number of nitrogens with zero attached hydrogens (tertiary/aromatic N) is 1. The van der Waals surface area contributed by atoms with Crippen molar-refractivity contribution in [1.29, 1.82) is 0 Å². The number of aromatic nitrogens is 2. The molecule has 1 amide bonds. The van der Waals surface area contributed by atoms with Crippen LogP contribution in [0.3, 0.4) is 0 Å². The number of hydrogen-bond acceptors (Lipinski definition) is 3. The molecular formula is C12H22N4O. The lowest BCUT2D eigenvalue weighted by molar-refractivity contribution is -0.124. The van der Waals surface area contributed by atoms with E-state index >= 15 is 0 Å². The van der Waals surface area contributed by atoms with Crippen LogP contribution >= 0.6 is 0 Å². The van der Waals surface area contributed by atoms with Gasteiger partial charge in [0.25, 0.3) is 0 Å². The Morgan fingerprint density at radius 1 is 1.53 bits per heavy atom. The summed E-state index contributed by atoms with van der Waals surface area (Å²) >= 11 is 0. The Hall–Kier alpha value is -1.36. The number of carbonyl (C=O) groups is 1. The van der Waals surface area contributed by atoms with Crippen LogP contribution in [0.15, 0.2) is 12.4 Å². The lowest BCUT2D eigenvalue weighted by Crippen LogP contribution is -2.29. The van der Waals surface area contributed by atoms with E-state index in [9.17, 15) is 4.79 Å². The maximum atomic E-state index is 11.7. The number of nitrogens with one attached hydrogen (secondary N) is 2. The molecule has 0 bridgehead atoms. The third-order valence-corrected chi connectivity index (χ3v) is 2.73. The molecule has 5 nitrogen and oxygen atoms in total. The van der Waals surface area contributed by atoms with Crippen LogP contribution in [0.1, 0.15) is 38.9 Å². The summed E-state index contributed by atoms with van der Waals surface area (Å²) in [4.78, 5) is 18.7. The molecule has 0 spiro atoms. The van der Waals surface area contributed by atoms with E-state index in [0.29, 0.717) is 6.54 Å². The molecule has 0 aliphatic heterocycles. The van der Waals surface area contributed by atoms with Gasteiger partial charge in [0.15, 0.2) is 0 Å². The first-order valence-electron chi connectivity index (χ1n) is 6.11. The largest absolute Gasteiger partial charge is 0.349 e. The molecule has 1 heterocycles. The van der Waals surface area contributed by atoms with Crippen molar-refractivity contribution in [3.8, 4) is 0 Å². The van der Waals surface area contributed by atoms with Gasteiger partial charge in [0, 0.05) is 24.4 Å². The molecule has 0 radical (unpaired) electrons. The Kier molecular flexibility index (Phi) is 5.69. The fourth-order valence-corrected chi connectivity index (χ4v) is 1.62. The number of nitrogens with two attached hydrogens (primary N) is 1. The van der Waals surface area contributed by atoms with Crippen LogP contribution in [0.25, 0.3) is 0 Å². The number of aromatic amines is 1. The highest BCUT2D eigenvalue weighted by Crippen LogP contribution is 2.09. The third-order valence-electron chi connectivity index (χ3n) is 2.73. The summed E-state index contributed by atoms with van der Waals surface area (Å²) in [7, 11) is 0. The Balaban J connectivity index is 2.18. The number of carbonyl (C=O) groups excluding carboxylic acids is 1. The van der Waals surface area contributed by atoms with Crippen molar-refractivity contribution >= 4 is 5.91 Å². The fraction of sp³-hybridized carbons (Fsp3) is 0.667. The zero-order valence-electron chi connectivity index (χ0n) is 10.6. The topological polar surface area (TPSA) is 83.8 Å². The molecule has 0 aromatic carbocycles. The van der Waals surface area contributed by atoms with E-state index < -0.39 is 0 Å². The van der Waals surface area contributed by atoms with Crippen molar-refractivity contribution in [2.75, 3.05) is 0 Å². The summed E-state index contributed by atoms with van der Waals surface area (Å²) in [5.74, 6) is 0.885. The zero-order valence-corrected chi connectivity index (χ0v) is 10.6.